The van der Waals surface area contributed by atoms with Gasteiger partial charge in [0.1, 0.15) is 5.82 Å². The summed E-state index contributed by atoms with van der Waals surface area (Å²) < 4.78 is 26.9. The van der Waals surface area contributed by atoms with Gasteiger partial charge in [0.2, 0.25) is 0 Å². The molecule has 0 amide bonds. The SMILES string of the molecule is CC(C)S(=O)(=O)c1ccccc1-n1nccc1N/N=C/c1ccccc1. The van der Waals surface area contributed by atoms with Crippen LogP contribution < -0.4 is 5.43 Å². The number of hydrazone groups is 1. The molecular weight excluding hydrogens is 348 g/mol. The van der Waals surface area contributed by atoms with Crippen molar-refractivity contribution < 1.29 is 8.42 Å². The Morgan fingerprint density at radius 2 is 1.73 bits per heavy atom. The van der Waals surface area contributed by atoms with Crippen LogP contribution in [0, 0.1) is 0 Å². The van der Waals surface area contributed by atoms with Crippen molar-refractivity contribution in [2.75, 3.05) is 5.43 Å². The largest absolute Gasteiger partial charge is 0.261 e. The standard InChI is InChI=1S/C19H20N4O2S/c1-15(2)26(24,25)18-11-7-6-10-17(18)23-19(12-13-21-23)22-20-14-16-8-4-3-5-9-16/h3-15,22H,1-2H3/b20-14+. The van der Waals surface area contributed by atoms with Gasteiger partial charge in [-0.15, -0.1) is 0 Å². The summed E-state index contributed by atoms with van der Waals surface area (Å²) in [6.45, 7) is 3.33. The first-order valence-electron chi connectivity index (χ1n) is 8.21. The van der Waals surface area contributed by atoms with Crippen LogP contribution in [0.15, 0.2) is 76.9 Å². The number of anilines is 1. The first-order valence-corrected chi connectivity index (χ1v) is 9.76. The molecule has 0 radical (unpaired) electrons. The number of sulfone groups is 1. The van der Waals surface area contributed by atoms with E-state index in [1.165, 1.54) is 4.68 Å². The first kappa shape index (κ1) is 17.9. The third-order valence-corrected chi connectivity index (χ3v) is 6.06. The van der Waals surface area contributed by atoms with E-state index in [4.69, 9.17) is 0 Å². The molecule has 2 aromatic carbocycles. The summed E-state index contributed by atoms with van der Waals surface area (Å²) >= 11 is 0. The lowest BCUT2D eigenvalue weighted by molar-refractivity contribution is 0.586. The fourth-order valence-electron chi connectivity index (χ4n) is 2.42. The summed E-state index contributed by atoms with van der Waals surface area (Å²) in [5.41, 5.74) is 4.37. The molecule has 3 aromatic rings. The zero-order valence-electron chi connectivity index (χ0n) is 14.6. The van der Waals surface area contributed by atoms with Crippen LogP contribution in [0.25, 0.3) is 5.69 Å². The maximum atomic E-state index is 12.7. The molecule has 134 valence electrons. The highest BCUT2D eigenvalue weighted by molar-refractivity contribution is 7.92. The molecule has 1 heterocycles. The van der Waals surface area contributed by atoms with E-state index >= 15 is 0 Å². The van der Waals surface area contributed by atoms with Crippen LogP contribution in [0.1, 0.15) is 19.4 Å². The average molecular weight is 368 g/mol. The number of hydrogen-bond donors (Lipinski definition) is 1. The monoisotopic (exact) mass is 368 g/mol. The van der Waals surface area contributed by atoms with E-state index in [2.05, 4.69) is 15.6 Å². The molecule has 0 aliphatic rings. The van der Waals surface area contributed by atoms with Gasteiger partial charge in [-0.05, 0) is 31.5 Å². The van der Waals surface area contributed by atoms with Crippen molar-refractivity contribution in [3.05, 3.63) is 72.4 Å². The molecule has 0 aliphatic heterocycles. The highest BCUT2D eigenvalue weighted by atomic mass is 32.2. The van der Waals surface area contributed by atoms with Gasteiger partial charge in [0, 0.05) is 6.07 Å². The molecule has 0 spiro atoms. The highest BCUT2D eigenvalue weighted by Crippen LogP contribution is 2.25. The zero-order valence-corrected chi connectivity index (χ0v) is 15.4. The van der Waals surface area contributed by atoms with Crippen LogP contribution in [-0.2, 0) is 9.84 Å². The number of benzene rings is 2. The smallest absolute Gasteiger partial charge is 0.182 e. The molecule has 0 atom stereocenters. The topological polar surface area (TPSA) is 76.3 Å². The molecule has 26 heavy (non-hydrogen) atoms. The highest BCUT2D eigenvalue weighted by Gasteiger charge is 2.24. The van der Waals surface area contributed by atoms with Gasteiger partial charge in [-0.25, -0.2) is 13.1 Å². The molecule has 0 fully saturated rings. The normalized spacial score (nSPS) is 12.0. The zero-order chi connectivity index (χ0) is 18.6. The van der Waals surface area contributed by atoms with E-state index < -0.39 is 15.1 Å². The molecule has 1 N–H and O–H groups in total. The molecule has 7 heteroatoms. The lowest BCUT2D eigenvalue weighted by Crippen LogP contribution is -2.17. The second-order valence-corrected chi connectivity index (χ2v) is 8.44. The summed E-state index contributed by atoms with van der Waals surface area (Å²) in [7, 11) is -3.44. The molecule has 1 aromatic heterocycles. The Labute approximate surface area is 153 Å². The van der Waals surface area contributed by atoms with Crippen molar-refractivity contribution in [1.82, 2.24) is 9.78 Å². The van der Waals surface area contributed by atoms with E-state index in [-0.39, 0.29) is 4.90 Å². The van der Waals surface area contributed by atoms with Gasteiger partial charge in [0.25, 0.3) is 0 Å². The first-order chi connectivity index (χ1) is 12.5. The number of aromatic nitrogens is 2. The Morgan fingerprint density at radius 1 is 1.04 bits per heavy atom. The fourth-order valence-corrected chi connectivity index (χ4v) is 3.64. The Hall–Kier alpha value is -2.93. The Morgan fingerprint density at radius 3 is 2.46 bits per heavy atom. The summed E-state index contributed by atoms with van der Waals surface area (Å²) in [6, 6.07) is 18.2. The molecular formula is C19H20N4O2S. The van der Waals surface area contributed by atoms with Gasteiger partial charge >= 0.3 is 0 Å². The van der Waals surface area contributed by atoms with Crippen LogP contribution in [0.2, 0.25) is 0 Å². The summed E-state index contributed by atoms with van der Waals surface area (Å²) in [5, 5.41) is 7.95. The van der Waals surface area contributed by atoms with Crippen molar-refractivity contribution in [1.29, 1.82) is 0 Å². The Kier molecular flexibility index (Phi) is 5.18. The van der Waals surface area contributed by atoms with E-state index in [9.17, 15) is 8.42 Å². The van der Waals surface area contributed by atoms with E-state index in [0.29, 0.717) is 11.5 Å². The Bertz CT molecular complexity index is 1010. The minimum atomic E-state index is -3.44. The molecule has 0 aliphatic carbocycles. The van der Waals surface area contributed by atoms with Gasteiger partial charge in [0.05, 0.1) is 28.2 Å². The lowest BCUT2D eigenvalue weighted by atomic mass is 10.2. The van der Waals surface area contributed by atoms with E-state index in [1.807, 2.05) is 30.3 Å². The van der Waals surface area contributed by atoms with Gasteiger partial charge in [-0.1, -0.05) is 42.5 Å². The second kappa shape index (κ2) is 7.53. The molecule has 0 saturated heterocycles. The van der Waals surface area contributed by atoms with Crippen molar-refractivity contribution in [2.24, 2.45) is 5.10 Å². The number of nitrogens with zero attached hydrogens (tertiary/aromatic N) is 3. The van der Waals surface area contributed by atoms with Crippen LogP contribution in [0.4, 0.5) is 5.82 Å². The minimum Gasteiger partial charge on any atom is -0.261 e. The molecule has 0 bridgehead atoms. The third kappa shape index (κ3) is 3.67. The summed E-state index contributed by atoms with van der Waals surface area (Å²) in [5.74, 6) is 0.573. The maximum absolute atomic E-state index is 12.7. The van der Waals surface area contributed by atoms with Crippen LogP contribution in [-0.4, -0.2) is 29.7 Å². The molecule has 0 unspecified atom stereocenters. The van der Waals surface area contributed by atoms with Crippen LogP contribution >= 0.6 is 0 Å². The third-order valence-electron chi connectivity index (χ3n) is 3.86. The average Bonchev–Trinajstić information content (AvgIpc) is 3.11. The summed E-state index contributed by atoms with van der Waals surface area (Å²) in [4.78, 5) is 0.244. The quantitative estimate of drug-likeness (QED) is 0.534. The minimum absolute atomic E-state index is 0.244. The van der Waals surface area contributed by atoms with Crippen LogP contribution in [0.3, 0.4) is 0 Å². The van der Waals surface area contributed by atoms with Gasteiger partial charge in [-0.2, -0.15) is 10.2 Å². The fraction of sp³-hybridized carbons (Fsp3) is 0.158. The maximum Gasteiger partial charge on any atom is 0.182 e. The lowest BCUT2D eigenvalue weighted by Gasteiger charge is -2.14. The van der Waals surface area contributed by atoms with Crippen molar-refractivity contribution >= 4 is 21.9 Å². The molecule has 0 saturated carbocycles. The Balaban J connectivity index is 1.94. The summed E-state index contributed by atoms with van der Waals surface area (Å²) in [6.07, 6.45) is 3.28. The second-order valence-electron chi connectivity index (χ2n) is 5.97. The van der Waals surface area contributed by atoms with Crippen molar-refractivity contribution in [3.8, 4) is 5.69 Å². The number of rotatable bonds is 6. The van der Waals surface area contributed by atoms with E-state index in [1.54, 1.807) is 56.6 Å². The predicted octanol–water partition coefficient (Wildman–Crippen LogP) is 3.50. The van der Waals surface area contributed by atoms with Gasteiger partial charge in [-0.3, -0.25) is 5.43 Å². The predicted molar refractivity (Wildman–Crippen MR) is 104 cm³/mol. The van der Waals surface area contributed by atoms with Gasteiger partial charge in [0.15, 0.2) is 9.84 Å². The molecule has 6 nitrogen and oxygen atoms in total. The van der Waals surface area contributed by atoms with E-state index in [0.717, 1.165) is 5.56 Å². The van der Waals surface area contributed by atoms with Crippen LogP contribution in [0.5, 0.6) is 0 Å². The van der Waals surface area contributed by atoms with Crippen molar-refractivity contribution in [2.45, 2.75) is 24.0 Å². The van der Waals surface area contributed by atoms with Gasteiger partial charge < -0.3 is 0 Å². The number of hydrogen-bond acceptors (Lipinski definition) is 5. The van der Waals surface area contributed by atoms with Crippen molar-refractivity contribution in [3.63, 3.8) is 0 Å². The number of nitrogens with one attached hydrogen (secondary N) is 1. The molecule has 3 rings (SSSR count). The number of para-hydroxylation sites is 1.